The molecule has 4 heterocycles. The van der Waals surface area contributed by atoms with Crippen LogP contribution in [0.1, 0.15) is 28.9 Å². The van der Waals surface area contributed by atoms with Gasteiger partial charge in [-0.05, 0) is 83.4 Å². The number of halogens is 1. The Hall–Kier alpha value is -6.87. The lowest BCUT2D eigenvalue weighted by Gasteiger charge is -2.38. The first-order valence-corrected chi connectivity index (χ1v) is 20.3. The Morgan fingerprint density at radius 3 is 2.22 bits per heavy atom. The quantitative estimate of drug-likeness (QED) is 0.148. The number of carboxylic acid groups (broad SMARTS) is 2. The third kappa shape index (κ3) is 8.41. The second kappa shape index (κ2) is 16.2. The lowest BCUT2D eigenvalue weighted by Crippen LogP contribution is -2.60. The number of piperidine rings is 1. The summed E-state index contributed by atoms with van der Waals surface area (Å²) in [5, 5.41) is 35.9. The fourth-order valence-corrected chi connectivity index (χ4v) is 8.45. The fourth-order valence-electron chi connectivity index (χ4n) is 7.22. The molecule has 0 radical (unpaired) electrons. The Labute approximate surface area is 339 Å². The van der Waals surface area contributed by atoms with Crippen molar-refractivity contribution in [2.24, 2.45) is 0 Å². The number of hydrogen-bond acceptors (Lipinski definition) is 11. The van der Waals surface area contributed by atoms with Crippen molar-refractivity contribution >= 4 is 85.2 Å². The number of likely N-dealkylation sites (tertiary alicyclic amines) is 1. The zero-order valence-corrected chi connectivity index (χ0v) is 32.6. The molecular weight excluding hydrogens is 812 g/mol. The summed E-state index contributed by atoms with van der Waals surface area (Å²) in [7, 11) is -3.21. The maximum Gasteiger partial charge on any atom is 0.416 e. The molecule has 4 N–H and O–H groups in total. The number of anilines is 3. The Bertz CT molecular complexity index is 2610. The van der Waals surface area contributed by atoms with Gasteiger partial charge in [0.25, 0.3) is 0 Å². The van der Waals surface area contributed by atoms with E-state index in [4.69, 9.17) is 11.6 Å². The van der Waals surface area contributed by atoms with Crippen molar-refractivity contribution in [3.8, 4) is 5.69 Å². The van der Waals surface area contributed by atoms with Crippen molar-refractivity contribution in [2.75, 3.05) is 48.0 Å². The van der Waals surface area contributed by atoms with Crippen molar-refractivity contribution in [2.45, 2.75) is 30.6 Å². The highest BCUT2D eigenvalue weighted by Crippen LogP contribution is 2.31. The summed E-state index contributed by atoms with van der Waals surface area (Å²) in [5.41, 5.74) is 1.32. The van der Waals surface area contributed by atoms with Crippen molar-refractivity contribution in [1.82, 2.24) is 34.6 Å². The molecule has 5 amide bonds. The molecule has 5 aromatic rings. The number of aromatic carboxylic acids is 1. The zero-order valence-electron chi connectivity index (χ0n) is 31.1. The summed E-state index contributed by atoms with van der Waals surface area (Å²) in [6.45, 7) is 0.390. The third-order valence-electron chi connectivity index (χ3n) is 10.2. The third-order valence-corrected chi connectivity index (χ3v) is 12.1. The first-order valence-electron chi connectivity index (χ1n) is 18.0. The second-order valence-corrected chi connectivity index (χ2v) is 16.7. The Morgan fingerprint density at radius 2 is 1.58 bits per heavy atom. The number of rotatable bonds is 10. The molecule has 0 aliphatic carbocycles. The Morgan fingerprint density at radius 1 is 0.864 bits per heavy atom. The number of sulfone groups is 1. The van der Waals surface area contributed by atoms with Crippen LogP contribution in [-0.4, -0.2) is 133 Å². The zero-order chi connectivity index (χ0) is 42.2. The van der Waals surface area contributed by atoms with Gasteiger partial charge in [0.2, 0.25) is 5.91 Å². The summed E-state index contributed by atoms with van der Waals surface area (Å²) >= 11 is 6.29. The van der Waals surface area contributed by atoms with Gasteiger partial charge in [-0.25, -0.2) is 27.4 Å². The van der Waals surface area contributed by atoms with Crippen molar-refractivity contribution < 1.29 is 47.4 Å². The highest BCUT2D eigenvalue weighted by Gasteiger charge is 2.41. The van der Waals surface area contributed by atoms with Gasteiger partial charge in [-0.1, -0.05) is 23.7 Å². The van der Waals surface area contributed by atoms with Gasteiger partial charge in [-0.2, -0.15) is 4.68 Å². The number of hydrogen-bond donors (Lipinski definition) is 4. The average Bonchev–Trinajstić information content (AvgIpc) is 3.88. The van der Waals surface area contributed by atoms with Gasteiger partial charge in [-0.15, -0.1) is 5.10 Å². The van der Waals surface area contributed by atoms with E-state index in [1.165, 1.54) is 51.3 Å². The van der Waals surface area contributed by atoms with E-state index in [-0.39, 0.29) is 59.9 Å². The molecule has 2 fully saturated rings. The minimum absolute atomic E-state index is 0.0527. The molecule has 59 heavy (non-hydrogen) atoms. The summed E-state index contributed by atoms with van der Waals surface area (Å²) in [4.78, 5) is 82.6. The molecule has 2 saturated heterocycles. The molecule has 3 aromatic carbocycles. The molecule has 7 rings (SSSR count). The summed E-state index contributed by atoms with van der Waals surface area (Å²) in [6.07, 6.45) is 1.55. The van der Waals surface area contributed by atoms with Crippen LogP contribution in [0.5, 0.6) is 0 Å². The molecule has 0 bridgehead atoms. The fraction of sp³-hybridized carbons (Fsp3) is 0.270. The summed E-state index contributed by atoms with van der Waals surface area (Å²) < 4.78 is 25.8. The molecule has 2 aromatic heterocycles. The number of nitrogens with zero attached hydrogens (tertiary/aromatic N) is 8. The molecule has 1 atom stereocenters. The minimum atomic E-state index is -3.21. The van der Waals surface area contributed by atoms with E-state index in [1.54, 1.807) is 36.4 Å². The van der Waals surface area contributed by atoms with Crippen LogP contribution in [0.2, 0.25) is 5.02 Å². The highest BCUT2D eigenvalue weighted by atomic mass is 35.5. The molecule has 0 saturated carbocycles. The summed E-state index contributed by atoms with van der Waals surface area (Å²) in [6, 6.07) is 14.7. The van der Waals surface area contributed by atoms with Gasteiger partial charge in [-0.3, -0.25) is 14.4 Å². The molecular formula is C37H35ClN10O10S. The van der Waals surface area contributed by atoms with E-state index in [1.807, 2.05) is 0 Å². The van der Waals surface area contributed by atoms with E-state index < -0.39 is 62.6 Å². The van der Waals surface area contributed by atoms with Crippen molar-refractivity contribution in [1.29, 1.82) is 0 Å². The summed E-state index contributed by atoms with van der Waals surface area (Å²) in [5.74, 6) is -4.13. The predicted molar refractivity (Wildman–Crippen MR) is 212 cm³/mol. The van der Waals surface area contributed by atoms with Crippen molar-refractivity contribution in [3.63, 3.8) is 0 Å². The number of nitrogens with one attached hydrogen (secondary N) is 2. The predicted octanol–water partition coefficient (Wildman–Crippen LogP) is 2.96. The average molecular weight is 847 g/mol. The number of carboxylic acids is 1. The van der Waals surface area contributed by atoms with E-state index in [0.717, 1.165) is 11.0 Å². The Balaban J connectivity index is 1.13. The largest absolute Gasteiger partial charge is 0.477 e. The van der Waals surface area contributed by atoms with Crippen LogP contribution in [0, 0.1) is 0 Å². The van der Waals surface area contributed by atoms with Gasteiger partial charge < -0.3 is 35.5 Å². The van der Waals surface area contributed by atoms with Gasteiger partial charge in [0.15, 0.2) is 0 Å². The first kappa shape index (κ1) is 40.3. The number of carbonyl (C=O) groups excluding carboxylic acids is 4. The number of amides is 5. The van der Waals surface area contributed by atoms with E-state index >= 15 is 0 Å². The second-order valence-electron chi connectivity index (χ2n) is 13.9. The first-order chi connectivity index (χ1) is 28.1. The van der Waals surface area contributed by atoms with Gasteiger partial charge in [0.1, 0.15) is 27.9 Å². The van der Waals surface area contributed by atoms with Crippen LogP contribution < -0.4 is 15.5 Å². The molecule has 20 nitrogen and oxygen atoms in total. The number of tetrazole rings is 1. The smallest absolute Gasteiger partial charge is 0.416 e. The lowest BCUT2D eigenvalue weighted by molar-refractivity contribution is -0.149. The lowest BCUT2D eigenvalue weighted by atomic mass is 10.0. The number of urea groups is 1. The number of fused-ring (bicyclic) bond motifs is 1. The molecule has 0 spiro atoms. The van der Waals surface area contributed by atoms with Crippen LogP contribution in [0.15, 0.2) is 73.1 Å². The maximum atomic E-state index is 14.2. The normalized spacial score (nSPS) is 15.7. The van der Waals surface area contributed by atoms with E-state index in [0.29, 0.717) is 34.3 Å². The van der Waals surface area contributed by atoms with Crippen LogP contribution >= 0.6 is 11.6 Å². The maximum absolute atomic E-state index is 14.2. The van der Waals surface area contributed by atoms with Gasteiger partial charge >= 0.3 is 29.9 Å². The van der Waals surface area contributed by atoms with Crippen molar-refractivity contribution in [3.05, 3.63) is 89.3 Å². The number of benzene rings is 3. The standard InChI is InChI=1S/C37H35ClN10O10S/c1-59(57,58)26-10-12-44(13-11-26)36(54)41-24-5-2-21(3-6-24)16-30(32(49)40-25-7-9-27-22(17-25)18-31(35(52)53)48(27)37(55)56)46-15-14-45(33(50)34(46)51)29-19-23(38)4-8-28(29)47-20-39-42-43-47/h2-9,17-20,26,30H,10-16H2,1H3,(H,40,49)(H,41,54)(H,52,53)(H,55,56). The Kier molecular flexibility index (Phi) is 11.1. The van der Waals surface area contributed by atoms with Crippen LogP contribution in [0.3, 0.4) is 0 Å². The highest BCUT2D eigenvalue weighted by molar-refractivity contribution is 7.91. The topological polar surface area (TPSA) is 259 Å². The van der Waals surface area contributed by atoms with Gasteiger partial charge in [0.05, 0.1) is 22.1 Å². The SMILES string of the molecule is CS(=O)(=O)C1CCN(C(=O)Nc2ccc(CC(C(=O)Nc3ccc4c(c3)cc(C(=O)O)n4C(=O)O)N3CCN(c4cc(Cl)ccc4-n4cnnn4)C(=O)C3=O)cc2)CC1. The molecule has 2 aliphatic heterocycles. The van der Waals surface area contributed by atoms with Crippen LogP contribution in [-0.2, 0) is 30.6 Å². The number of aromatic nitrogens is 5. The molecule has 22 heteroatoms. The number of carbonyl (C=O) groups is 6. The minimum Gasteiger partial charge on any atom is -0.477 e. The molecule has 1 unspecified atom stereocenters. The van der Waals surface area contributed by atoms with Gasteiger partial charge in [0, 0.05) is 60.6 Å². The number of piperazine rings is 1. The van der Waals surface area contributed by atoms with Crippen LogP contribution in [0.25, 0.3) is 16.6 Å². The molecule has 306 valence electrons. The monoisotopic (exact) mass is 846 g/mol. The van der Waals surface area contributed by atoms with E-state index in [2.05, 4.69) is 26.2 Å². The van der Waals surface area contributed by atoms with Crippen LogP contribution in [0.4, 0.5) is 26.7 Å². The van der Waals surface area contributed by atoms with E-state index in [9.17, 15) is 47.4 Å². The molecule has 2 aliphatic rings.